The summed E-state index contributed by atoms with van der Waals surface area (Å²) in [6.45, 7) is 3.92. The monoisotopic (exact) mass is 400 g/mol. The normalized spacial score (nSPS) is 10.3. The zero-order chi connectivity index (χ0) is 19.4. The molecule has 3 N–H and O–H groups in total. The van der Waals surface area contributed by atoms with Crippen molar-refractivity contribution in [3.63, 3.8) is 0 Å². The molecule has 6 nitrogen and oxygen atoms in total. The quantitative estimate of drug-likeness (QED) is 0.555. The van der Waals surface area contributed by atoms with E-state index in [-0.39, 0.29) is 11.6 Å². The van der Waals surface area contributed by atoms with E-state index in [0.717, 1.165) is 16.8 Å². The van der Waals surface area contributed by atoms with Crippen molar-refractivity contribution in [1.29, 1.82) is 0 Å². The number of thiazole rings is 1. The van der Waals surface area contributed by atoms with Crippen molar-refractivity contribution in [3.05, 3.63) is 69.7 Å². The Morgan fingerprint density at radius 3 is 2.59 bits per heavy atom. The Morgan fingerprint density at radius 2 is 1.85 bits per heavy atom. The molecule has 1 heterocycles. The van der Waals surface area contributed by atoms with Crippen LogP contribution in [-0.4, -0.2) is 16.9 Å². The minimum absolute atomic E-state index is 0.234. The summed E-state index contributed by atoms with van der Waals surface area (Å²) in [5.41, 5.74) is 3.61. The van der Waals surface area contributed by atoms with Crippen molar-refractivity contribution in [2.75, 3.05) is 16.0 Å². The highest BCUT2D eigenvalue weighted by molar-refractivity contribution is 7.14. The first kappa shape index (κ1) is 18.9. The van der Waals surface area contributed by atoms with Crippen molar-refractivity contribution < 1.29 is 9.59 Å². The SMILES string of the molecule is Cc1ccc(NC(=O)c2csc(NC(=O)Nc3cccc(Cl)c3)n2)c(C)c1. The summed E-state index contributed by atoms with van der Waals surface area (Å²) < 4.78 is 0. The van der Waals surface area contributed by atoms with E-state index in [1.54, 1.807) is 29.6 Å². The summed E-state index contributed by atoms with van der Waals surface area (Å²) in [5, 5.41) is 10.5. The van der Waals surface area contributed by atoms with E-state index in [1.165, 1.54) is 11.3 Å². The number of urea groups is 1. The number of hydrogen-bond acceptors (Lipinski definition) is 4. The Labute approximate surface area is 165 Å². The third-order valence-electron chi connectivity index (χ3n) is 3.67. The molecule has 27 heavy (non-hydrogen) atoms. The fourth-order valence-corrected chi connectivity index (χ4v) is 3.28. The zero-order valence-corrected chi connectivity index (χ0v) is 16.2. The number of hydrogen-bond donors (Lipinski definition) is 3. The maximum atomic E-state index is 12.4. The predicted molar refractivity (Wildman–Crippen MR) is 110 cm³/mol. The van der Waals surface area contributed by atoms with Crippen LogP contribution in [0.3, 0.4) is 0 Å². The second-order valence-corrected chi connectivity index (χ2v) is 7.19. The third kappa shape index (κ3) is 5.06. The molecule has 0 atom stereocenters. The van der Waals surface area contributed by atoms with Crippen LogP contribution in [0.15, 0.2) is 47.8 Å². The van der Waals surface area contributed by atoms with Crippen LogP contribution in [-0.2, 0) is 0 Å². The van der Waals surface area contributed by atoms with Gasteiger partial charge in [0.15, 0.2) is 5.13 Å². The number of anilines is 3. The average molecular weight is 401 g/mol. The molecule has 3 amide bonds. The Bertz CT molecular complexity index is 1000. The van der Waals surface area contributed by atoms with Gasteiger partial charge in [0.05, 0.1) is 0 Å². The van der Waals surface area contributed by atoms with Gasteiger partial charge in [-0.15, -0.1) is 11.3 Å². The highest BCUT2D eigenvalue weighted by Gasteiger charge is 2.13. The Morgan fingerprint density at radius 1 is 1.04 bits per heavy atom. The number of aryl methyl sites for hydroxylation is 2. The van der Waals surface area contributed by atoms with Crippen LogP contribution in [0.4, 0.5) is 21.3 Å². The predicted octanol–water partition coefficient (Wildman–Crippen LogP) is 5.31. The van der Waals surface area contributed by atoms with E-state index in [0.29, 0.717) is 15.8 Å². The number of benzene rings is 2. The van der Waals surface area contributed by atoms with Gasteiger partial charge in [-0.1, -0.05) is 35.4 Å². The van der Waals surface area contributed by atoms with Gasteiger partial charge in [-0.2, -0.15) is 0 Å². The molecule has 0 spiro atoms. The second-order valence-electron chi connectivity index (χ2n) is 5.90. The topological polar surface area (TPSA) is 83.1 Å². The summed E-state index contributed by atoms with van der Waals surface area (Å²) >= 11 is 7.05. The standard InChI is InChI=1S/C19H17ClN4O2S/c1-11-6-7-15(12(2)8-11)22-17(25)16-10-27-19(23-16)24-18(26)21-14-5-3-4-13(20)9-14/h3-10H,1-2H3,(H,22,25)(H2,21,23,24,26). The van der Waals surface area contributed by atoms with Gasteiger partial charge in [0.25, 0.3) is 5.91 Å². The lowest BCUT2D eigenvalue weighted by Gasteiger charge is -2.07. The van der Waals surface area contributed by atoms with Gasteiger partial charge >= 0.3 is 6.03 Å². The summed E-state index contributed by atoms with van der Waals surface area (Å²) in [7, 11) is 0. The summed E-state index contributed by atoms with van der Waals surface area (Å²) in [5.74, 6) is -0.332. The molecule has 0 fully saturated rings. The molecule has 3 aromatic rings. The number of amides is 3. The molecule has 0 aliphatic heterocycles. The summed E-state index contributed by atoms with van der Waals surface area (Å²) in [6.07, 6.45) is 0. The van der Waals surface area contributed by atoms with Crippen LogP contribution in [0.5, 0.6) is 0 Å². The molecular formula is C19H17ClN4O2S. The Kier molecular flexibility index (Phi) is 5.73. The van der Waals surface area contributed by atoms with Crippen LogP contribution in [0.25, 0.3) is 0 Å². The largest absolute Gasteiger partial charge is 0.325 e. The number of carbonyl (C=O) groups excluding carboxylic acids is 2. The molecule has 3 rings (SSSR count). The van der Waals surface area contributed by atoms with Crippen molar-refractivity contribution in [1.82, 2.24) is 4.98 Å². The molecular weight excluding hydrogens is 384 g/mol. The lowest BCUT2D eigenvalue weighted by atomic mass is 10.1. The van der Waals surface area contributed by atoms with Gasteiger partial charge in [0.1, 0.15) is 5.69 Å². The highest BCUT2D eigenvalue weighted by Crippen LogP contribution is 2.20. The number of carbonyl (C=O) groups is 2. The lowest BCUT2D eigenvalue weighted by molar-refractivity contribution is 0.102. The number of aromatic nitrogens is 1. The number of rotatable bonds is 4. The maximum absolute atomic E-state index is 12.4. The van der Waals surface area contributed by atoms with E-state index < -0.39 is 6.03 Å². The minimum atomic E-state index is -0.465. The van der Waals surface area contributed by atoms with Gasteiger partial charge in [0, 0.05) is 21.8 Å². The fourth-order valence-electron chi connectivity index (χ4n) is 2.40. The molecule has 2 aromatic carbocycles. The Hall–Kier alpha value is -2.90. The lowest BCUT2D eigenvalue weighted by Crippen LogP contribution is -2.19. The minimum Gasteiger partial charge on any atom is -0.320 e. The van der Waals surface area contributed by atoms with E-state index in [2.05, 4.69) is 20.9 Å². The first-order valence-corrected chi connectivity index (χ1v) is 9.34. The smallest absolute Gasteiger partial charge is 0.320 e. The molecule has 0 radical (unpaired) electrons. The van der Waals surface area contributed by atoms with Gasteiger partial charge in [-0.25, -0.2) is 9.78 Å². The van der Waals surface area contributed by atoms with Crippen molar-refractivity contribution >= 4 is 51.4 Å². The van der Waals surface area contributed by atoms with Crippen molar-refractivity contribution in [2.45, 2.75) is 13.8 Å². The van der Waals surface area contributed by atoms with E-state index in [4.69, 9.17) is 11.6 Å². The van der Waals surface area contributed by atoms with Crippen molar-refractivity contribution in [3.8, 4) is 0 Å². The number of nitrogens with one attached hydrogen (secondary N) is 3. The number of halogens is 1. The first-order chi connectivity index (χ1) is 12.9. The van der Waals surface area contributed by atoms with Crippen LogP contribution in [0.2, 0.25) is 5.02 Å². The summed E-state index contributed by atoms with van der Waals surface area (Å²) in [4.78, 5) is 28.6. The van der Waals surface area contributed by atoms with E-state index in [1.807, 2.05) is 32.0 Å². The summed E-state index contributed by atoms with van der Waals surface area (Å²) in [6, 6.07) is 12.1. The maximum Gasteiger partial charge on any atom is 0.325 e. The van der Waals surface area contributed by atoms with Crippen LogP contribution in [0, 0.1) is 13.8 Å². The third-order valence-corrected chi connectivity index (χ3v) is 4.66. The fraction of sp³-hybridized carbons (Fsp3) is 0.105. The molecule has 0 saturated carbocycles. The molecule has 0 saturated heterocycles. The van der Waals surface area contributed by atoms with Gasteiger partial charge in [0.2, 0.25) is 0 Å². The number of nitrogens with zero attached hydrogens (tertiary/aromatic N) is 1. The molecule has 138 valence electrons. The van der Waals surface area contributed by atoms with Gasteiger partial charge in [-0.05, 0) is 43.7 Å². The van der Waals surface area contributed by atoms with Crippen molar-refractivity contribution in [2.24, 2.45) is 0 Å². The van der Waals surface area contributed by atoms with E-state index >= 15 is 0 Å². The second kappa shape index (κ2) is 8.20. The highest BCUT2D eigenvalue weighted by atomic mass is 35.5. The van der Waals surface area contributed by atoms with Crippen LogP contribution in [0.1, 0.15) is 21.6 Å². The molecule has 0 aliphatic rings. The molecule has 0 aliphatic carbocycles. The average Bonchev–Trinajstić information content (AvgIpc) is 3.05. The van der Waals surface area contributed by atoms with Crippen LogP contribution < -0.4 is 16.0 Å². The molecule has 0 bridgehead atoms. The van der Waals surface area contributed by atoms with Gasteiger partial charge < -0.3 is 10.6 Å². The first-order valence-electron chi connectivity index (χ1n) is 8.08. The molecule has 1 aromatic heterocycles. The molecule has 8 heteroatoms. The zero-order valence-electron chi connectivity index (χ0n) is 14.7. The van der Waals surface area contributed by atoms with Crippen LogP contribution >= 0.6 is 22.9 Å². The Balaban J connectivity index is 1.62. The van der Waals surface area contributed by atoms with E-state index in [9.17, 15) is 9.59 Å². The van der Waals surface area contributed by atoms with Gasteiger partial charge in [-0.3, -0.25) is 10.1 Å². The molecule has 0 unspecified atom stereocenters.